The van der Waals surface area contributed by atoms with Crippen molar-refractivity contribution in [1.82, 2.24) is 0 Å². The van der Waals surface area contributed by atoms with E-state index < -0.39 is 6.83 Å². The molecular weight excluding hydrogens is 471 g/mol. The SMILES string of the molecule is CC(C)=CCC/C(C)=C/C=C/C(C)=C/CP(OC=O)(c1ccccc1)(c1ccccc1)c1ccccc1. The molecule has 0 amide bonds. The Morgan fingerprint density at radius 1 is 0.730 bits per heavy atom. The van der Waals surface area contributed by atoms with Gasteiger partial charge in [-0.2, -0.15) is 0 Å². The zero-order valence-electron chi connectivity index (χ0n) is 22.5. The third kappa shape index (κ3) is 6.45. The van der Waals surface area contributed by atoms with Gasteiger partial charge in [0.25, 0.3) is 0 Å². The quantitative estimate of drug-likeness (QED) is 0.108. The monoisotopic (exact) mass is 510 g/mol. The van der Waals surface area contributed by atoms with Crippen molar-refractivity contribution in [3.63, 3.8) is 0 Å². The van der Waals surface area contributed by atoms with Crippen molar-refractivity contribution in [2.75, 3.05) is 6.16 Å². The van der Waals surface area contributed by atoms with E-state index in [1.54, 1.807) is 0 Å². The fourth-order valence-corrected chi connectivity index (χ4v) is 9.95. The normalized spacial score (nSPS) is 13.6. The summed E-state index contributed by atoms with van der Waals surface area (Å²) in [6, 6.07) is 30.7. The summed E-state index contributed by atoms with van der Waals surface area (Å²) in [5.41, 5.74) is 3.83. The average Bonchev–Trinajstić information content (AvgIpc) is 2.92. The summed E-state index contributed by atoms with van der Waals surface area (Å²) in [5, 5.41) is 3.09. The van der Waals surface area contributed by atoms with Crippen LogP contribution in [0, 0.1) is 0 Å². The third-order valence-electron chi connectivity index (χ3n) is 6.78. The van der Waals surface area contributed by atoms with Gasteiger partial charge in [0, 0.05) is 0 Å². The first kappa shape index (κ1) is 28.1. The van der Waals surface area contributed by atoms with E-state index in [9.17, 15) is 4.79 Å². The van der Waals surface area contributed by atoms with E-state index >= 15 is 0 Å². The molecule has 3 rings (SSSR count). The van der Waals surface area contributed by atoms with Crippen molar-refractivity contribution in [3.05, 3.63) is 138 Å². The number of rotatable bonds is 12. The van der Waals surface area contributed by atoms with E-state index in [1.807, 2.05) is 54.6 Å². The number of hydrogen-bond donors (Lipinski definition) is 0. The Morgan fingerprint density at radius 2 is 1.22 bits per heavy atom. The van der Waals surface area contributed by atoms with Crippen LogP contribution in [0.5, 0.6) is 0 Å². The van der Waals surface area contributed by atoms with Gasteiger partial charge in [0.1, 0.15) is 0 Å². The molecule has 2 nitrogen and oxygen atoms in total. The van der Waals surface area contributed by atoms with Crippen molar-refractivity contribution >= 4 is 29.2 Å². The second-order valence-corrected chi connectivity index (χ2v) is 14.3. The number of carbonyl (C=O) groups excluding carboxylic acids is 1. The van der Waals surface area contributed by atoms with E-state index in [0.717, 1.165) is 34.3 Å². The molecule has 0 aromatic heterocycles. The summed E-state index contributed by atoms with van der Waals surface area (Å²) < 4.78 is 6.50. The van der Waals surface area contributed by atoms with E-state index in [4.69, 9.17) is 4.52 Å². The molecule has 192 valence electrons. The van der Waals surface area contributed by atoms with Crippen LogP contribution in [0.15, 0.2) is 138 Å². The Kier molecular flexibility index (Phi) is 10.0. The first-order valence-electron chi connectivity index (χ1n) is 12.9. The van der Waals surface area contributed by atoms with Gasteiger partial charge in [-0.05, 0) is 0 Å². The number of hydrogen-bond acceptors (Lipinski definition) is 2. The summed E-state index contributed by atoms with van der Waals surface area (Å²) in [4.78, 5) is 12.3. The number of benzene rings is 3. The van der Waals surface area contributed by atoms with Gasteiger partial charge in [-0.15, -0.1) is 0 Å². The molecule has 0 bridgehead atoms. The van der Waals surface area contributed by atoms with E-state index in [2.05, 4.69) is 94.5 Å². The van der Waals surface area contributed by atoms with Gasteiger partial charge in [-0.1, -0.05) is 0 Å². The van der Waals surface area contributed by atoms with Gasteiger partial charge in [0.2, 0.25) is 0 Å². The van der Waals surface area contributed by atoms with Crippen LogP contribution >= 0.6 is 6.83 Å². The molecule has 0 fully saturated rings. The average molecular weight is 511 g/mol. The summed E-state index contributed by atoms with van der Waals surface area (Å²) in [7, 11) is 0. The maximum absolute atomic E-state index is 12.3. The standard InChI is InChI=1S/C34H39O2P/c1-29(2)16-14-17-30(3)18-15-19-31(4)26-27-37(36-28-35,32-20-8-5-9-21-32,33-22-10-6-11-23-33)34-24-12-7-13-25-34/h5-13,15-16,18-26,28H,14,17,27H2,1-4H3/b19-15+,30-18+,31-26+. The molecule has 0 aliphatic carbocycles. The molecule has 3 heteroatoms. The summed E-state index contributed by atoms with van der Waals surface area (Å²) in [5.74, 6) is 0. The van der Waals surface area contributed by atoms with Crippen molar-refractivity contribution in [2.45, 2.75) is 40.5 Å². The van der Waals surface area contributed by atoms with E-state index in [1.165, 1.54) is 11.1 Å². The van der Waals surface area contributed by atoms with Gasteiger partial charge in [-0.3, -0.25) is 0 Å². The summed E-state index contributed by atoms with van der Waals surface area (Å²) >= 11 is 0. The molecule has 0 saturated carbocycles. The molecule has 3 aromatic carbocycles. The van der Waals surface area contributed by atoms with Crippen LogP contribution in [0.2, 0.25) is 0 Å². The minimum atomic E-state index is -3.65. The van der Waals surface area contributed by atoms with Crippen LogP contribution < -0.4 is 15.9 Å². The van der Waals surface area contributed by atoms with Crippen LogP contribution in [-0.4, -0.2) is 12.6 Å². The molecular formula is C34H39O2P. The van der Waals surface area contributed by atoms with Gasteiger partial charge in [0.15, 0.2) is 0 Å². The minimum absolute atomic E-state index is 0.571. The maximum atomic E-state index is 12.3. The van der Waals surface area contributed by atoms with Crippen LogP contribution in [0.4, 0.5) is 0 Å². The Bertz CT molecular complexity index is 1170. The predicted octanol–water partition coefficient (Wildman–Crippen LogP) is 7.80. The molecule has 0 saturated heterocycles. The van der Waals surface area contributed by atoms with Gasteiger partial charge in [0.05, 0.1) is 0 Å². The molecule has 3 aromatic rings. The summed E-state index contributed by atoms with van der Waals surface area (Å²) in [6.07, 6.45) is 13.6. The zero-order chi connectivity index (χ0) is 26.6. The van der Waals surface area contributed by atoms with Crippen molar-refractivity contribution in [3.8, 4) is 0 Å². The molecule has 0 aliphatic rings. The number of carbonyl (C=O) groups is 1. The second-order valence-electron chi connectivity index (χ2n) is 9.74. The van der Waals surface area contributed by atoms with Crippen LogP contribution in [0.25, 0.3) is 0 Å². The summed E-state index contributed by atoms with van der Waals surface area (Å²) in [6.45, 7) is 5.55. The van der Waals surface area contributed by atoms with Crippen LogP contribution in [0.3, 0.4) is 0 Å². The zero-order valence-corrected chi connectivity index (χ0v) is 23.4. The van der Waals surface area contributed by atoms with Gasteiger partial charge >= 0.3 is 223 Å². The third-order valence-corrected chi connectivity index (χ3v) is 12.4. The van der Waals surface area contributed by atoms with Crippen LogP contribution in [-0.2, 0) is 9.32 Å². The Hall–Kier alpha value is -3.48. The van der Waals surface area contributed by atoms with Crippen molar-refractivity contribution in [2.24, 2.45) is 0 Å². The second kappa shape index (κ2) is 13.2. The number of allylic oxidation sites excluding steroid dienone is 8. The molecule has 37 heavy (non-hydrogen) atoms. The van der Waals surface area contributed by atoms with Crippen LogP contribution in [0.1, 0.15) is 40.5 Å². The molecule has 0 aliphatic heterocycles. The molecule has 0 spiro atoms. The topological polar surface area (TPSA) is 26.3 Å². The first-order valence-corrected chi connectivity index (χ1v) is 15.2. The van der Waals surface area contributed by atoms with Gasteiger partial charge < -0.3 is 0 Å². The molecule has 0 unspecified atom stereocenters. The van der Waals surface area contributed by atoms with E-state index in [-0.39, 0.29) is 0 Å². The fourth-order valence-electron chi connectivity index (χ4n) is 4.74. The Balaban J connectivity index is 2.12. The molecule has 0 radical (unpaired) electrons. The molecule has 0 atom stereocenters. The predicted molar refractivity (Wildman–Crippen MR) is 162 cm³/mol. The van der Waals surface area contributed by atoms with Crippen molar-refractivity contribution < 1.29 is 9.32 Å². The Morgan fingerprint density at radius 3 is 1.65 bits per heavy atom. The molecule has 0 N–H and O–H groups in total. The molecule has 0 heterocycles. The first-order chi connectivity index (χ1) is 17.9. The van der Waals surface area contributed by atoms with Gasteiger partial charge in [-0.25, -0.2) is 0 Å². The fraction of sp³-hybridized carbons (Fsp3) is 0.206. The van der Waals surface area contributed by atoms with E-state index in [0.29, 0.717) is 12.6 Å². The Labute approximate surface area is 223 Å². The van der Waals surface area contributed by atoms with Crippen molar-refractivity contribution in [1.29, 1.82) is 0 Å².